The summed E-state index contributed by atoms with van der Waals surface area (Å²) in [4.78, 5) is 0. The van der Waals surface area contributed by atoms with Crippen LogP contribution in [0.1, 0.15) is 46.0 Å². The molecule has 1 fully saturated rings. The van der Waals surface area contributed by atoms with Gasteiger partial charge in [0, 0.05) is 0 Å². The van der Waals surface area contributed by atoms with Gasteiger partial charge in [-0.2, -0.15) is 0 Å². The van der Waals surface area contributed by atoms with Crippen molar-refractivity contribution < 1.29 is 0 Å². The molecule has 0 aromatic carbocycles. The smallest absolute Gasteiger partial charge is 0.0148 e. The van der Waals surface area contributed by atoms with Gasteiger partial charge in [-0.25, -0.2) is 0 Å². The van der Waals surface area contributed by atoms with Crippen LogP contribution in [0.15, 0.2) is 6.08 Å². The topological polar surface area (TPSA) is 0 Å². The van der Waals surface area contributed by atoms with Crippen molar-refractivity contribution in [3.8, 4) is 0 Å². The second-order valence-corrected chi connectivity index (χ2v) is 5.08. The molecule has 67 valence electrons. The Kier molecular flexibility index (Phi) is 2.02. The molecule has 2 rings (SSSR count). The van der Waals surface area contributed by atoms with Crippen LogP contribution < -0.4 is 0 Å². The van der Waals surface area contributed by atoms with Gasteiger partial charge >= 0.3 is 0 Å². The molecule has 2 aliphatic rings. The fourth-order valence-corrected chi connectivity index (χ4v) is 2.97. The minimum Gasteiger partial charge on any atom is -0.0771 e. The van der Waals surface area contributed by atoms with Gasteiger partial charge in [0.15, 0.2) is 0 Å². The molecule has 0 aromatic rings. The van der Waals surface area contributed by atoms with Gasteiger partial charge in [-0.15, -0.1) is 0 Å². The number of rotatable bonds is 0. The van der Waals surface area contributed by atoms with E-state index in [1.807, 2.05) is 0 Å². The fraction of sp³-hybridized carbons (Fsp3) is 0.833. The Hall–Kier alpha value is -0.260. The standard InChI is InChI=1S/C12H19/c1-12(2)9-5-7-10-6-3-4-8-11(10)12/h8,10-11H,3,5-7,9H2,1-2H3. The number of hydrogen-bond acceptors (Lipinski definition) is 0. The predicted molar refractivity (Wildman–Crippen MR) is 51.7 cm³/mol. The maximum atomic E-state index is 3.41. The van der Waals surface area contributed by atoms with Crippen molar-refractivity contribution in [2.45, 2.75) is 46.0 Å². The first kappa shape index (κ1) is 8.34. The lowest BCUT2D eigenvalue weighted by Gasteiger charge is -2.44. The van der Waals surface area contributed by atoms with E-state index in [0.717, 1.165) is 11.8 Å². The third-order valence-electron chi connectivity index (χ3n) is 3.76. The van der Waals surface area contributed by atoms with Gasteiger partial charge < -0.3 is 0 Å². The normalized spacial score (nSPS) is 39.2. The predicted octanol–water partition coefficient (Wildman–Crippen LogP) is 3.58. The molecule has 0 N–H and O–H groups in total. The molecule has 0 aliphatic heterocycles. The molecular weight excluding hydrogens is 144 g/mol. The summed E-state index contributed by atoms with van der Waals surface area (Å²) in [5.41, 5.74) is 0.552. The van der Waals surface area contributed by atoms with E-state index in [0.29, 0.717) is 5.41 Å². The van der Waals surface area contributed by atoms with Crippen LogP contribution in [-0.4, -0.2) is 0 Å². The average molecular weight is 163 g/mol. The number of fused-ring (bicyclic) bond motifs is 1. The van der Waals surface area contributed by atoms with E-state index in [2.05, 4.69) is 26.0 Å². The number of allylic oxidation sites excluding steroid dienone is 2. The minimum atomic E-state index is 0.552. The van der Waals surface area contributed by atoms with Crippen LogP contribution >= 0.6 is 0 Å². The molecule has 0 saturated heterocycles. The second-order valence-electron chi connectivity index (χ2n) is 5.08. The molecule has 12 heavy (non-hydrogen) atoms. The van der Waals surface area contributed by atoms with Crippen LogP contribution in [0, 0.1) is 23.3 Å². The van der Waals surface area contributed by atoms with Crippen molar-refractivity contribution in [3.05, 3.63) is 12.2 Å². The minimum absolute atomic E-state index is 0.552. The Morgan fingerprint density at radius 2 is 2.17 bits per heavy atom. The molecule has 1 radical (unpaired) electrons. The first-order chi connectivity index (χ1) is 5.70. The summed E-state index contributed by atoms with van der Waals surface area (Å²) in [7, 11) is 0. The molecule has 2 aliphatic carbocycles. The lowest BCUT2D eigenvalue weighted by Crippen LogP contribution is -2.34. The highest BCUT2D eigenvalue weighted by Crippen LogP contribution is 2.47. The Bertz CT molecular complexity index is 188. The monoisotopic (exact) mass is 163 g/mol. The van der Waals surface area contributed by atoms with E-state index in [4.69, 9.17) is 0 Å². The summed E-state index contributed by atoms with van der Waals surface area (Å²) in [5, 5.41) is 0. The van der Waals surface area contributed by atoms with E-state index in [1.165, 1.54) is 32.1 Å². The second kappa shape index (κ2) is 2.90. The zero-order valence-corrected chi connectivity index (χ0v) is 8.27. The van der Waals surface area contributed by atoms with Gasteiger partial charge in [0.2, 0.25) is 0 Å². The molecule has 0 heteroatoms. The van der Waals surface area contributed by atoms with E-state index >= 15 is 0 Å². The Balaban J connectivity index is 2.19. The summed E-state index contributed by atoms with van der Waals surface area (Å²) >= 11 is 0. The van der Waals surface area contributed by atoms with Gasteiger partial charge in [-0.1, -0.05) is 26.3 Å². The van der Waals surface area contributed by atoms with Gasteiger partial charge in [0.05, 0.1) is 0 Å². The molecule has 2 atom stereocenters. The molecule has 0 spiro atoms. The first-order valence-corrected chi connectivity index (χ1v) is 5.27. The lowest BCUT2D eigenvalue weighted by molar-refractivity contribution is 0.100. The third kappa shape index (κ3) is 1.32. The average Bonchev–Trinajstić information content (AvgIpc) is 2.04. The van der Waals surface area contributed by atoms with Crippen LogP contribution in [0.4, 0.5) is 0 Å². The quantitative estimate of drug-likeness (QED) is 0.512. The van der Waals surface area contributed by atoms with Crippen molar-refractivity contribution in [2.75, 3.05) is 0 Å². The Labute approximate surface area is 76.1 Å². The highest BCUT2D eigenvalue weighted by Gasteiger charge is 2.37. The van der Waals surface area contributed by atoms with Crippen LogP contribution in [0.3, 0.4) is 0 Å². The summed E-state index contributed by atoms with van der Waals surface area (Å²) in [6.45, 7) is 4.85. The van der Waals surface area contributed by atoms with Gasteiger partial charge in [0.25, 0.3) is 0 Å². The van der Waals surface area contributed by atoms with Gasteiger partial charge in [-0.3, -0.25) is 0 Å². The van der Waals surface area contributed by atoms with Crippen molar-refractivity contribution in [1.29, 1.82) is 0 Å². The zero-order valence-electron chi connectivity index (χ0n) is 8.27. The summed E-state index contributed by atoms with van der Waals surface area (Å²) in [5.74, 6) is 1.81. The largest absolute Gasteiger partial charge is 0.0771 e. The highest BCUT2D eigenvalue weighted by atomic mass is 14.4. The molecule has 1 saturated carbocycles. The summed E-state index contributed by atoms with van der Waals surface area (Å²) in [6.07, 6.45) is 12.7. The van der Waals surface area contributed by atoms with Crippen molar-refractivity contribution >= 4 is 0 Å². The lowest BCUT2D eigenvalue weighted by atomic mass is 9.61. The van der Waals surface area contributed by atoms with Crippen LogP contribution in [-0.2, 0) is 0 Å². The molecule has 0 aromatic heterocycles. The molecule has 0 bridgehead atoms. The Morgan fingerprint density at radius 1 is 1.33 bits per heavy atom. The fourth-order valence-electron chi connectivity index (χ4n) is 2.97. The first-order valence-electron chi connectivity index (χ1n) is 5.27. The van der Waals surface area contributed by atoms with Crippen molar-refractivity contribution in [1.82, 2.24) is 0 Å². The molecule has 2 unspecified atom stereocenters. The third-order valence-corrected chi connectivity index (χ3v) is 3.76. The van der Waals surface area contributed by atoms with E-state index in [9.17, 15) is 0 Å². The molecule has 0 amide bonds. The maximum absolute atomic E-state index is 3.41. The molecule has 0 heterocycles. The maximum Gasteiger partial charge on any atom is -0.0148 e. The van der Waals surface area contributed by atoms with Crippen LogP contribution in [0.2, 0.25) is 0 Å². The number of hydrogen-bond donors (Lipinski definition) is 0. The molecular formula is C12H19. The van der Waals surface area contributed by atoms with E-state index in [-0.39, 0.29) is 0 Å². The van der Waals surface area contributed by atoms with E-state index in [1.54, 1.807) is 0 Å². The van der Waals surface area contributed by atoms with Crippen LogP contribution in [0.25, 0.3) is 0 Å². The zero-order chi connectivity index (χ0) is 8.60. The van der Waals surface area contributed by atoms with Crippen LogP contribution in [0.5, 0.6) is 0 Å². The Morgan fingerprint density at radius 3 is 2.92 bits per heavy atom. The highest BCUT2D eigenvalue weighted by molar-refractivity contribution is 5.01. The van der Waals surface area contributed by atoms with Gasteiger partial charge in [0.1, 0.15) is 0 Å². The van der Waals surface area contributed by atoms with Crippen molar-refractivity contribution in [2.24, 2.45) is 17.3 Å². The SMILES string of the molecule is CC1(C)CCCC2CC[C]=CC21. The summed E-state index contributed by atoms with van der Waals surface area (Å²) < 4.78 is 0. The molecule has 0 nitrogen and oxygen atoms in total. The summed E-state index contributed by atoms with van der Waals surface area (Å²) in [6, 6.07) is 0. The van der Waals surface area contributed by atoms with Gasteiger partial charge in [-0.05, 0) is 49.0 Å². The van der Waals surface area contributed by atoms with Crippen molar-refractivity contribution in [3.63, 3.8) is 0 Å². The van der Waals surface area contributed by atoms with E-state index < -0.39 is 0 Å².